The van der Waals surface area contributed by atoms with E-state index in [-0.39, 0.29) is 24.5 Å². The molecule has 0 aromatic carbocycles. The van der Waals surface area contributed by atoms with Gasteiger partial charge in [0.25, 0.3) is 0 Å². The predicted molar refractivity (Wildman–Crippen MR) is 124 cm³/mol. The number of carboxylic acids is 3. The van der Waals surface area contributed by atoms with Crippen molar-refractivity contribution in [1.29, 1.82) is 0 Å². The summed E-state index contributed by atoms with van der Waals surface area (Å²) in [5, 5.41) is 31.4. The molecular weight excluding hydrogens is 492 g/mol. The summed E-state index contributed by atoms with van der Waals surface area (Å²) >= 11 is 0. The third kappa shape index (κ3) is 10.2. The Morgan fingerprint density at radius 1 is 1.09 bits per heavy atom. The van der Waals surface area contributed by atoms with Crippen molar-refractivity contribution in [2.75, 3.05) is 24.6 Å². The van der Waals surface area contributed by atoms with Crippen molar-refractivity contribution >= 4 is 57.2 Å². The number of likely N-dealkylation sites (tertiary alicyclic amines) is 1. The third-order valence-corrected chi connectivity index (χ3v) is 7.53. The molecule has 1 aliphatic rings. The molecular formula is C19H30N4O9S2. The molecule has 7 N–H and O–H groups in total. The highest BCUT2D eigenvalue weighted by molar-refractivity contribution is 8.76. The van der Waals surface area contributed by atoms with Gasteiger partial charge in [-0.3, -0.25) is 24.0 Å². The molecule has 0 saturated carbocycles. The Kier molecular flexibility index (Phi) is 12.7. The maximum atomic E-state index is 12.6. The molecule has 1 rings (SSSR count). The Balaban J connectivity index is 2.57. The topological polar surface area (TPSA) is 216 Å². The first-order valence-corrected chi connectivity index (χ1v) is 13.0. The van der Waals surface area contributed by atoms with Crippen molar-refractivity contribution in [2.24, 2.45) is 11.7 Å². The minimum Gasteiger partial charge on any atom is -0.480 e. The van der Waals surface area contributed by atoms with E-state index in [9.17, 15) is 33.9 Å². The van der Waals surface area contributed by atoms with Gasteiger partial charge in [-0.2, -0.15) is 0 Å². The van der Waals surface area contributed by atoms with Crippen molar-refractivity contribution in [3.8, 4) is 0 Å². The van der Waals surface area contributed by atoms with E-state index in [0.29, 0.717) is 25.1 Å². The van der Waals surface area contributed by atoms with Crippen LogP contribution in [0.1, 0.15) is 32.6 Å². The number of hydrogen-bond donors (Lipinski definition) is 6. The average molecular weight is 523 g/mol. The number of aliphatic carboxylic acids is 3. The number of rotatable bonds is 15. The molecule has 1 fully saturated rings. The fourth-order valence-corrected chi connectivity index (χ4v) is 5.56. The second-order valence-corrected chi connectivity index (χ2v) is 10.3. The summed E-state index contributed by atoms with van der Waals surface area (Å²) in [6.07, 6.45) is 0.668. The SMILES string of the molecule is C[C@H](CSSC[C@H](NC(=O)CC[C@H](N)C(=O)O)C(=O)NCC(=O)O)C(=O)N1CCC[C@H]1C(=O)O. The second-order valence-electron chi connectivity index (χ2n) is 7.71. The smallest absolute Gasteiger partial charge is 0.326 e. The van der Waals surface area contributed by atoms with Gasteiger partial charge in [0.1, 0.15) is 24.7 Å². The lowest BCUT2D eigenvalue weighted by molar-refractivity contribution is -0.149. The molecule has 0 aromatic rings. The normalized spacial score (nSPS) is 17.9. The van der Waals surface area contributed by atoms with Crippen LogP contribution in [0.4, 0.5) is 0 Å². The van der Waals surface area contributed by atoms with Gasteiger partial charge in [-0.25, -0.2) is 4.79 Å². The summed E-state index contributed by atoms with van der Waals surface area (Å²) in [6.45, 7) is 1.43. The number of nitrogens with zero attached hydrogens (tertiary/aromatic N) is 1. The van der Waals surface area contributed by atoms with Crippen LogP contribution in [0.3, 0.4) is 0 Å². The second kappa shape index (κ2) is 14.7. The van der Waals surface area contributed by atoms with Gasteiger partial charge < -0.3 is 36.6 Å². The van der Waals surface area contributed by atoms with Gasteiger partial charge in [0.15, 0.2) is 0 Å². The van der Waals surface area contributed by atoms with Crippen molar-refractivity contribution in [2.45, 2.75) is 50.7 Å². The molecule has 0 spiro atoms. The Bertz CT molecular complexity index is 783. The Morgan fingerprint density at radius 3 is 2.32 bits per heavy atom. The minimum atomic E-state index is -1.26. The molecule has 192 valence electrons. The minimum absolute atomic E-state index is 0.0508. The van der Waals surface area contributed by atoms with Crippen LogP contribution in [-0.4, -0.2) is 98.6 Å². The van der Waals surface area contributed by atoms with Crippen LogP contribution in [0, 0.1) is 5.92 Å². The van der Waals surface area contributed by atoms with Crippen molar-refractivity contribution in [3.05, 3.63) is 0 Å². The monoisotopic (exact) mass is 522 g/mol. The highest BCUT2D eigenvalue weighted by Crippen LogP contribution is 2.27. The number of hydrogen-bond acceptors (Lipinski definition) is 9. The zero-order valence-corrected chi connectivity index (χ0v) is 20.2. The van der Waals surface area contributed by atoms with Gasteiger partial charge in [0.05, 0.1) is 0 Å². The Labute approximate surface area is 203 Å². The molecule has 0 bridgehead atoms. The predicted octanol–water partition coefficient (Wildman–Crippen LogP) is -1.04. The Morgan fingerprint density at radius 2 is 1.74 bits per heavy atom. The number of carboxylic acid groups (broad SMARTS) is 3. The van der Waals surface area contributed by atoms with Crippen LogP contribution in [0.15, 0.2) is 0 Å². The highest BCUT2D eigenvalue weighted by Gasteiger charge is 2.35. The number of amides is 3. The maximum absolute atomic E-state index is 12.6. The van der Waals surface area contributed by atoms with E-state index in [4.69, 9.17) is 15.9 Å². The fraction of sp³-hybridized carbons (Fsp3) is 0.684. The van der Waals surface area contributed by atoms with Crippen LogP contribution in [0.5, 0.6) is 0 Å². The fourth-order valence-electron chi connectivity index (χ4n) is 3.05. The lowest BCUT2D eigenvalue weighted by Crippen LogP contribution is -2.49. The summed E-state index contributed by atoms with van der Waals surface area (Å²) in [5.41, 5.74) is 5.36. The number of carbonyl (C=O) groups excluding carboxylic acids is 3. The zero-order chi connectivity index (χ0) is 25.8. The molecule has 1 heterocycles. The van der Waals surface area contributed by atoms with E-state index < -0.39 is 60.3 Å². The van der Waals surface area contributed by atoms with Crippen LogP contribution >= 0.6 is 21.6 Å². The molecule has 13 nitrogen and oxygen atoms in total. The lowest BCUT2D eigenvalue weighted by Gasteiger charge is -2.24. The summed E-state index contributed by atoms with van der Waals surface area (Å²) < 4.78 is 0. The Hall–Kier alpha value is -2.52. The summed E-state index contributed by atoms with van der Waals surface area (Å²) in [7, 11) is 2.43. The van der Waals surface area contributed by atoms with Crippen LogP contribution in [0.2, 0.25) is 0 Å². The molecule has 34 heavy (non-hydrogen) atoms. The van der Waals surface area contributed by atoms with E-state index in [0.717, 1.165) is 0 Å². The average Bonchev–Trinajstić information content (AvgIpc) is 3.27. The lowest BCUT2D eigenvalue weighted by atomic mass is 10.1. The first-order valence-electron chi connectivity index (χ1n) is 10.5. The molecule has 1 aliphatic heterocycles. The quantitative estimate of drug-likeness (QED) is 0.112. The molecule has 0 aliphatic carbocycles. The van der Waals surface area contributed by atoms with Crippen LogP contribution < -0.4 is 16.4 Å². The van der Waals surface area contributed by atoms with Gasteiger partial charge >= 0.3 is 17.9 Å². The summed E-state index contributed by atoms with van der Waals surface area (Å²) in [5.74, 6) is -5.25. The van der Waals surface area contributed by atoms with Gasteiger partial charge in [-0.1, -0.05) is 28.5 Å². The highest BCUT2D eigenvalue weighted by atomic mass is 33.1. The van der Waals surface area contributed by atoms with Gasteiger partial charge in [-0.05, 0) is 19.3 Å². The van der Waals surface area contributed by atoms with E-state index >= 15 is 0 Å². The number of carbonyl (C=O) groups is 6. The molecule has 4 atom stereocenters. The van der Waals surface area contributed by atoms with Crippen molar-refractivity contribution < 1.29 is 44.1 Å². The van der Waals surface area contributed by atoms with E-state index in [2.05, 4.69) is 10.6 Å². The molecule has 0 aromatic heterocycles. The first-order chi connectivity index (χ1) is 15.9. The van der Waals surface area contributed by atoms with Crippen LogP contribution in [-0.2, 0) is 28.8 Å². The molecule has 0 radical (unpaired) electrons. The third-order valence-electron chi connectivity index (χ3n) is 4.94. The van der Waals surface area contributed by atoms with E-state index in [1.54, 1.807) is 6.92 Å². The largest absolute Gasteiger partial charge is 0.480 e. The summed E-state index contributed by atoms with van der Waals surface area (Å²) in [6, 6.07) is -3.14. The molecule has 1 saturated heterocycles. The molecule has 3 amide bonds. The molecule has 0 unspecified atom stereocenters. The summed E-state index contributed by atoms with van der Waals surface area (Å²) in [4.78, 5) is 71.1. The van der Waals surface area contributed by atoms with Crippen molar-refractivity contribution in [1.82, 2.24) is 15.5 Å². The first kappa shape index (κ1) is 29.5. The van der Waals surface area contributed by atoms with Crippen LogP contribution in [0.25, 0.3) is 0 Å². The standard InChI is InChI=1S/C19H30N4O9S2/c1-10(17(28)23-6-2-3-13(23)19(31)32)8-33-34-9-12(16(27)21-7-15(25)26)22-14(24)5-4-11(20)18(29)30/h10-13H,2-9,20H2,1H3,(H,21,27)(H,22,24)(H,25,26)(H,29,30)(H,31,32)/t10-,11+,12+,13+/m1/s1. The maximum Gasteiger partial charge on any atom is 0.326 e. The van der Waals surface area contributed by atoms with E-state index in [1.807, 2.05) is 0 Å². The van der Waals surface area contributed by atoms with Gasteiger partial charge in [0.2, 0.25) is 17.7 Å². The number of nitrogens with two attached hydrogens (primary N) is 1. The zero-order valence-electron chi connectivity index (χ0n) is 18.6. The van der Waals surface area contributed by atoms with Gasteiger partial charge in [0, 0.05) is 30.4 Å². The van der Waals surface area contributed by atoms with Crippen molar-refractivity contribution in [3.63, 3.8) is 0 Å². The van der Waals surface area contributed by atoms with E-state index in [1.165, 1.54) is 26.5 Å². The molecule has 15 heteroatoms. The van der Waals surface area contributed by atoms with Gasteiger partial charge in [-0.15, -0.1) is 0 Å². The number of nitrogens with one attached hydrogen (secondary N) is 2.